The second-order valence-electron chi connectivity index (χ2n) is 6.80. The molecule has 7 heteroatoms. The summed E-state index contributed by atoms with van der Waals surface area (Å²) in [5.74, 6) is -3.86. The lowest BCUT2D eigenvalue weighted by Gasteiger charge is -2.28. The van der Waals surface area contributed by atoms with Crippen LogP contribution in [0, 0.1) is 11.6 Å². The van der Waals surface area contributed by atoms with Gasteiger partial charge in [-0.25, -0.2) is 8.78 Å². The van der Waals surface area contributed by atoms with E-state index in [9.17, 15) is 18.4 Å². The zero-order valence-electron chi connectivity index (χ0n) is 15.5. The lowest BCUT2D eigenvalue weighted by atomic mass is 10.1. The van der Waals surface area contributed by atoms with Gasteiger partial charge in [0.2, 0.25) is 0 Å². The molecule has 2 aromatic rings. The molecule has 2 N–H and O–H groups in total. The summed E-state index contributed by atoms with van der Waals surface area (Å²) in [6.07, 6.45) is 4.32. The van der Waals surface area contributed by atoms with Crippen LogP contribution in [0.2, 0.25) is 0 Å². The molecular formula is C21H23F2N3O2. The summed E-state index contributed by atoms with van der Waals surface area (Å²) in [7, 11) is 0. The van der Waals surface area contributed by atoms with Crippen LogP contribution >= 0.6 is 0 Å². The molecule has 0 atom stereocenters. The number of rotatable bonds is 5. The van der Waals surface area contributed by atoms with Gasteiger partial charge in [-0.2, -0.15) is 0 Å². The molecule has 0 radical (unpaired) electrons. The molecule has 28 heavy (non-hydrogen) atoms. The Hall–Kier alpha value is -2.96. The Morgan fingerprint density at radius 1 is 0.893 bits per heavy atom. The summed E-state index contributed by atoms with van der Waals surface area (Å²) in [5.41, 5.74) is 2.29. The van der Waals surface area contributed by atoms with Gasteiger partial charge >= 0.3 is 11.8 Å². The lowest BCUT2D eigenvalue weighted by molar-refractivity contribution is -0.136. The zero-order valence-corrected chi connectivity index (χ0v) is 15.5. The maximum atomic E-state index is 13.1. The SMILES string of the molecule is O=C(NCCc1ccc(N2CCCCC2)cc1)C(=O)Nc1ccc(F)c(F)c1. The molecule has 1 saturated heterocycles. The summed E-state index contributed by atoms with van der Waals surface area (Å²) >= 11 is 0. The minimum absolute atomic E-state index is 0.0207. The first kappa shape index (κ1) is 19.8. The summed E-state index contributed by atoms with van der Waals surface area (Å²) in [6, 6.07) is 11.1. The fourth-order valence-corrected chi connectivity index (χ4v) is 3.19. The predicted molar refractivity (Wildman–Crippen MR) is 104 cm³/mol. The van der Waals surface area contributed by atoms with Crippen molar-refractivity contribution in [2.24, 2.45) is 0 Å². The van der Waals surface area contributed by atoms with Crippen LogP contribution in [0.25, 0.3) is 0 Å². The van der Waals surface area contributed by atoms with Gasteiger partial charge in [0.15, 0.2) is 11.6 Å². The molecule has 0 spiro atoms. The van der Waals surface area contributed by atoms with Gasteiger partial charge in [0.1, 0.15) is 0 Å². The number of benzene rings is 2. The van der Waals surface area contributed by atoms with Gasteiger partial charge in [0.25, 0.3) is 0 Å². The Labute approximate surface area is 162 Å². The third kappa shape index (κ3) is 5.28. The van der Waals surface area contributed by atoms with E-state index in [0.29, 0.717) is 13.0 Å². The minimum Gasteiger partial charge on any atom is -0.372 e. The summed E-state index contributed by atoms with van der Waals surface area (Å²) in [4.78, 5) is 26.1. The molecule has 0 aromatic heterocycles. The van der Waals surface area contributed by atoms with Crippen LogP contribution in [-0.2, 0) is 16.0 Å². The first-order valence-corrected chi connectivity index (χ1v) is 9.41. The van der Waals surface area contributed by atoms with E-state index in [4.69, 9.17) is 0 Å². The van der Waals surface area contributed by atoms with Crippen LogP contribution in [0.15, 0.2) is 42.5 Å². The average molecular weight is 387 g/mol. The van der Waals surface area contributed by atoms with Crippen LogP contribution in [-0.4, -0.2) is 31.4 Å². The molecule has 5 nitrogen and oxygen atoms in total. The maximum Gasteiger partial charge on any atom is 0.313 e. The first-order valence-electron chi connectivity index (χ1n) is 9.41. The molecule has 1 aliphatic heterocycles. The van der Waals surface area contributed by atoms with Crippen LogP contribution in [0.1, 0.15) is 24.8 Å². The van der Waals surface area contributed by atoms with Crippen molar-refractivity contribution in [2.45, 2.75) is 25.7 Å². The molecule has 1 heterocycles. The Bertz CT molecular complexity index is 834. The van der Waals surface area contributed by atoms with Crippen molar-refractivity contribution in [1.82, 2.24) is 5.32 Å². The van der Waals surface area contributed by atoms with Crippen molar-refractivity contribution >= 4 is 23.2 Å². The number of hydrogen-bond donors (Lipinski definition) is 2. The van der Waals surface area contributed by atoms with E-state index in [1.165, 1.54) is 31.0 Å². The molecule has 1 aliphatic rings. The van der Waals surface area contributed by atoms with Gasteiger partial charge in [0.05, 0.1) is 0 Å². The fourth-order valence-electron chi connectivity index (χ4n) is 3.19. The van der Waals surface area contributed by atoms with Crippen molar-refractivity contribution in [3.05, 3.63) is 59.7 Å². The van der Waals surface area contributed by atoms with E-state index in [0.717, 1.165) is 30.8 Å². The van der Waals surface area contributed by atoms with Crippen LogP contribution < -0.4 is 15.5 Å². The summed E-state index contributed by atoms with van der Waals surface area (Å²) < 4.78 is 26.0. The highest BCUT2D eigenvalue weighted by molar-refractivity contribution is 6.39. The molecule has 1 fully saturated rings. The predicted octanol–water partition coefficient (Wildman–Crippen LogP) is 3.25. The number of nitrogens with one attached hydrogen (secondary N) is 2. The van der Waals surface area contributed by atoms with Crippen LogP contribution in [0.3, 0.4) is 0 Å². The topological polar surface area (TPSA) is 61.4 Å². The van der Waals surface area contributed by atoms with E-state index in [1.54, 1.807) is 0 Å². The Kier molecular flexibility index (Phi) is 6.57. The number of carbonyl (C=O) groups is 2. The second kappa shape index (κ2) is 9.30. The van der Waals surface area contributed by atoms with Crippen molar-refractivity contribution in [2.75, 3.05) is 29.9 Å². The second-order valence-corrected chi connectivity index (χ2v) is 6.80. The van der Waals surface area contributed by atoms with E-state index >= 15 is 0 Å². The highest BCUT2D eigenvalue weighted by Crippen LogP contribution is 2.20. The standard InChI is InChI=1S/C21H23F2N3O2/c22-18-9-6-16(14-19(18)23)25-21(28)20(27)24-11-10-15-4-7-17(8-5-15)26-12-2-1-3-13-26/h4-9,14H,1-3,10-13H2,(H,24,27)(H,25,28). The maximum absolute atomic E-state index is 13.1. The molecule has 0 saturated carbocycles. The lowest BCUT2D eigenvalue weighted by Crippen LogP contribution is -2.36. The molecule has 3 rings (SSSR count). The monoisotopic (exact) mass is 387 g/mol. The quantitative estimate of drug-likeness (QED) is 0.775. The van der Waals surface area contributed by atoms with E-state index < -0.39 is 23.4 Å². The van der Waals surface area contributed by atoms with Gasteiger partial charge in [-0.1, -0.05) is 12.1 Å². The van der Waals surface area contributed by atoms with Gasteiger partial charge < -0.3 is 15.5 Å². The Morgan fingerprint density at radius 3 is 2.29 bits per heavy atom. The number of piperidine rings is 1. The van der Waals surface area contributed by atoms with Crippen molar-refractivity contribution in [3.63, 3.8) is 0 Å². The third-order valence-corrected chi connectivity index (χ3v) is 4.74. The van der Waals surface area contributed by atoms with E-state index in [2.05, 4.69) is 27.7 Å². The molecule has 0 bridgehead atoms. The van der Waals surface area contributed by atoms with E-state index in [-0.39, 0.29) is 5.69 Å². The smallest absolute Gasteiger partial charge is 0.313 e. The number of nitrogens with zero attached hydrogens (tertiary/aromatic N) is 1. The van der Waals surface area contributed by atoms with E-state index in [1.807, 2.05) is 12.1 Å². The number of carbonyl (C=O) groups excluding carboxylic acids is 2. The normalized spacial score (nSPS) is 13.9. The third-order valence-electron chi connectivity index (χ3n) is 4.74. The van der Waals surface area contributed by atoms with Gasteiger partial charge in [-0.05, 0) is 55.5 Å². The zero-order chi connectivity index (χ0) is 19.9. The number of hydrogen-bond acceptors (Lipinski definition) is 3. The molecule has 0 unspecified atom stereocenters. The number of amides is 2. The van der Waals surface area contributed by atoms with Gasteiger partial charge in [0, 0.05) is 37.1 Å². The van der Waals surface area contributed by atoms with Gasteiger partial charge in [-0.3, -0.25) is 9.59 Å². The first-order chi connectivity index (χ1) is 13.5. The van der Waals surface area contributed by atoms with Crippen molar-refractivity contribution in [3.8, 4) is 0 Å². The molecular weight excluding hydrogens is 364 g/mol. The highest BCUT2D eigenvalue weighted by atomic mass is 19.2. The molecule has 148 valence electrons. The number of halogens is 2. The van der Waals surface area contributed by atoms with Crippen molar-refractivity contribution < 1.29 is 18.4 Å². The fraction of sp³-hybridized carbons (Fsp3) is 0.333. The molecule has 2 aromatic carbocycles. The molecule has 0 aliphatic carbocycles. The minimum atomic E-state index is -1.09. The average Bonchev–Trinajstić information content (AvgIpc) is 2.72. The van der Waals surface area contributed by atoms with Crippen molar-refractivity contribution in [1.29, 1.82) is 0 Å². The highest BCUT2D eigenvalue weighted by Gasteiger charge is 2.14. The summed E-state index contributed by atoms with van der Waals surface area (Å²) in [5, 5.41) is 4.76. The number of anilines is 2. The summed E-state index contributed by atoms with van der Waals surface area (Å²) in [6.45, 7) is 2.47. The van der Waals surface area contributed by atoms with Crippen LogP contribution in [0.5, 0.6) is 0 Å². The Balaban J connectivity index is 1.44. The van der Waals surface area contributed by atoms with Crippen LogP contribution in [0.4, 0.5) is 20.2 Å². The Morgan fingerprint density at radius 2 is 1.61 bits per heavy atom. The molecule has 2 amide bonds. The van der Waals surface area contributed by atoms with Gasteiger partial charge in [-0.15, -0.1) is 0 Å². The largest absolute Gasteiger partial charge is 0.372 e.